The molecule has 3 aromatic rings. The maximum atomic E-state index is 12.9. The largest absolute Gasteiger partial charge is 0.494 e. The van der Waals surface area contributed by atoms with Crippen LogP contribution in [-0.4, -0.2) is 58.8 Å². The molecule has 27 heavy (non-hydrogen) atoms. The number of aromatic nitrogens is 4. The van der Waals surface area contributed by atoms with Crippen LogP contribution < -0.4 is 26.0 Å². The van der Waals surface area contributed by atoms with Gasteiger partial charge in [0.25, 0.3) is 5.91 Å². The van der Waals surface area contributed by atoms with Crippen molar-refractivity contribution >= 4 is 28.9 Å². The lowest BCUT2D eigenvalue weighted by atomic mass is 10.2. The quantitative estimate of drug-likeness (QED) is 0.604. The van der Waals surface area contributed by atoms with Gasteiger partial charge in [0.05, 0.1) is 13.3 Å². The van der Waals surface area contributed by atoms with E-state index in [1.807, 2.05) is 6.07 Å². The number of piperazine rings is 1. The van der Waals surface area contributed by atoms with E-state index in [4.69, 9.17) is 10.5 Å². The van der Waals surface area contributed by atoms with E-state index in [1.165, 1.54) is 17.8 Å². The van der Waals surface area contributed by atoms with Gasteiger partial charge in [-0.05, 0) is 6.07 Å². The first-order valence-corrected chi connectivity index (χ1v) is 8.57. The molecule has 0 bridgehead atoms. The monoisotopic (exact) mass is 368 g/mol. The Labute approximate surface area is 155 Å². The maximum absolute atomic E-state index is 12.9. The number of anilines is 3. The van der Waals surface area contributed by atoms with Crippen molar-refractivity contribution in [2.24, 2.45) is 0 Å². The standard InChI is InChI=1S/C17H20N8O2/c1-27-12-2-4-20-10-11(12)21-17(26)14-15(18)23-25-7-3-13(22-16(14)25)24-8-5-19-6-9-24/h2-4,7,10,19H,5-6,8-9H2,1H3,(H2,18,23)(H,21,26). The number of hydrogen-bond donors (Lipinski definition) is 3. The Morgan fingerprint density at radius 2 is 2.15 bits per heavy atom. The highest BCUT2D eigenvalue weighted by atomic mass is 16.5. The first-order valence-electron chi connectivity index (χ1n) is 8.57. The van der Waals surface area contributed by atoms with Gasteiger partial charge in [0.1, 0.15) is 22.8 Å². The summed E-state index contributed by atoms with van der Waals surface area (Å²) in [4.78, 5) is 23.7. The van der Waals surface area contributed by atoms with Crippen LogP contribution in [0.15, 0.2) is 30.7 Å². The molecule has 1 amide bonds. The van der Waals surface area contributed by atoms with E-state index < -0.39 is 5.91 Å². The van der Waals surface area contributed by atoms with E-state index in [2.05, 4.69) is 30.6 Å². The Bertz CT molecular complexity index is 980. The number of rotatable bonds is 4. The highest BCUT2D eigenvalue weighted by molar-refractivity contribution is 6.12. The van der Waals surface area contributed by atoms with Gasteiger partial charge in [0, 0.05) is 44.6 Å². The van der Waals surface area contributed by atoms with Crippen LogP contribution in [0.1, 0.15) is 10.4 Å². The van der Waals surface area contributed by atoms with Crippen molar-refractivity contribution < 1.29 is 9.53 Å². The molecular weight excluding hydrogens is 348 g/mol. The fourth-order valence-corrected chi connectivity index (χ4v) is 3.06. The molecule has 1 aliphatic rings. The SMILES string of the molecule is COc1ccncc1NC(=O)c1c(N)nn2ccc(N3CCNCC3)nc12. The van der Waals surface area contributed by atoms with E-state index >= 15 is 0 Å². The number of nitrogens with zero attached hydrogens (tertiary/aromatic N) is 5. The van der Waals surface area contributed by atoms with Gasteiger partial charge in [0.2, 0.25) is 0 Å². The minimum atomic E-state index is -0.418. The molecule has 1 saturated heterocycles. The summed E-state index contributed by atoms with van der Waals surface area (Å²) in [6.07, 6.45) is 4.86. The number of carbonyl (C=O) groups is 1. The molecule has 3 aromatic heterocycles. The van der Waals surface area contributed by atoms with Crippen LogP contribution >= 0.6 is 0 Å². The topological polar surface area (TPSA) is 123 Å². The van der Waals surface area contributed by atoms with Gasteiger partial charge in [0.15, 0.2) is 11.5 Å². The van der Waals surface area contributed by atoms with Crippen molar-refractivity contribution in [3.8, 4) is 5.75 Å². The third-order valence-electron chi connectivity index (χ3n) is 4.41. The Balaban J connectivity index is 1.69. The lowest BCUT2D eigenvalue weighted by Gasteiger charge is -2.28. The molecule has 4 rings (SSSR count). The number of nitrogens with one attached hydrogen (secondary N) is 2. The van der Waals surface area contributed by atoms with Crippen molar-refractivity contribution in [2.45, 2.75) is 0 Å². The van der Waals surface area contributed by atoms with E-state index in [9.17, 15) is 4.79 Å². The Morgan fingerprint density at radius 1 is 1.33 bits per heavy atom. The molecule has 0 radical (unpaired) electrons. The number of nitrogens with two attached hydrogens (primary N) is 1. The zero-order valence-corrected chi connectivity index (χ0v) is 14.8. The van der Waals surface area contributed by atoms with Gasteiger partial charge in [-0.3, -0.25) is 9.78 Å². The summed E-state index contributed by atoms with van der Waals surface area (Å²) in [6, 6.07) is 3.53. The van der Waals surface area contributed by atoms with Crippen molar-refractivity contribution in [1.29, 1.82) is 0 Å². The molecular formula is C17H20N8O2. The summed E-state index contributed by atoms with van der Waals surface area (Å²) in [5, 5.41) is 10.3. The smallest absolute Gasteiger partial charge is 0.263 e. The number of hydrogen-bond acceptors (Lipinski definition) is 8. The van der Waals surface area contributed by atoms with Crippen LogP contribution in [-0.2, 0) is 0 Å². The van der Waals surface area contributed by atoms with Crippen LogP contribution in [0, 0.1) is 0 Å². The minimum Gasteiger partial charge on any atom is -0.494 e. The van der Waals surface area contributed by atoms with E-state index in [0.29, 0.717) is 17.1 Å². The van der Waals surface area contributed by atoms with Crippen LogP contribution in [0.2, 0.25) is 0 Å². The van der Waals surface area contributed by atoms with Crippen molar-refractivity contribution in [2.75, 3.05) is 49.2 Å². The van der Waals surface area contributed by atoms with Crippen molar-refractivity contribution in [3.05, 3.63) is 36.3 Å². The van der Waals surface area contributed by atoms with Crippen LogP contribution in [0.4, 0.5) is 17.3 Å². The predicted octanol–water partition coefficient (Wildman–Crippen LogP) is 0.377. The summed E-state index contributed by atoms with van der Waals surface area (Å²) >= 11 is 0. The van der Waals surface area contributed by atoms with Crippen molar-refractivity contribution in [3.63, 3.8) is 0 Å². The Morgan fingerprint density at radius 3 is 2.93 bits per heavy atom. The fraction of sp³-hybridized carbons (Fsp3) is 0.294. The number of ether oxygens (including phenoxy) is 1. The van der Waals surface area contributed by atoms with Gasteiger partial charge in [-0.2, -0.15) is 0 Å². The average Bonchev–Trinajstić information content (AvgIpc) is 3.04. The van der Waals surface area contributed by atoms with Gasteiger partial charge in [-0.15, -0.1) is 5.10 Å². The molecule has 0 unspecified atom stereocenters. The molecule has 140 valence electrons. The summed E-state index contributed by atoms with van der Waals surface area (Å²) < 4.78 is 6.76. The molecule has 1 fully saturated rings. The summed E-state index contributed by atoms with van der Waals surface area (Å²) in [6.45, 7) is 3.48. The number of carbonyl (C=O) groups excluding carboxylic acids is 1. The van der Waals surface area contributed by atoms with Crippen LogP contribution in [0.5, 0.6) is 5.75 Å². The van der Waals surface area contributed by atoms with E-state index in [0.717, 1.165) is 32.0 Å². The maximum Gasteiger partial charge on any atom is 0.263 e. The first-order chi connectivity index (χ1) is 13.2. The summed E-state index contributed by atoms with van der Waals surface area (Å²) in [5.41, 5.74) is 7.08. The van der Waals surface area contributed by atoms with Crippen LogP contribution in [0.25, 0.3) is 5.65 Å². The third kappa shape index (κ3) is 3.22. The molecule has 10 heteroatoms. The Hall–Kier alpha value is -3.40. The number of methoxy groups -OCH3 is 1. The third-order valence-corrected chi connectivity index (χ3v) is 4.41. The molecule has 10 nitrogen and oxygen atoms in total. The van der Waals surface area contributed by atoms with E-state index in [1.54, 1.807) is 18.5 Å². The van der Waals surface area contributed by atoms with Gasteiger partial charge in [-0.25, -0.2) is 9.50 Å². The highest BCUT2D eigenvalue weighted by Gasteiger charge is 2.22. The molecule has 4 heterocycles. The molecule has 1 aliphatic heterocycles. The number of amides is 1. The fourth-order valence-electron chi connectivity index (χ4n) is 3.06. The molecule has 0 saturated carbocycles. The predicted molar refractivity (Wildman–Crippen MR) is 101 cm³/mol. The second-order valence-electron chi connectivity index (χ2n) is 6.08. The zero-order valence-electron chi connectivity index (χ0n) is 14.8. The number of nitrogen functional groups attached to an aromatic ring is 1. The molecule has 0 spiro atoms. The normalized spacial score (nSPS) is 14.3. The first kappa shape index (κ1) is 17.0. The van der Waals surface area contributed by atoms with Crippen molar-refractivity contribution in [1.82, 2.24) is 24.9 Å². The average molecular weight is 368 g/mol. The molecule has 0 aliphatic carbocycles. The lowest BCUT2D eigenvalue weighted by molar-refractivity contribution is 0.102. The Kier molecular flexibility index (Phi) is 4.47. The molecule has 0 atom stereocenters. The van der Waals surface area contributed by atoms with Gasteiger partial charge in [-0.1, -0.05) is 0 Å². The second-order valence-corrected chi connectivity index (χ2v) is 6.08. The molecule has 0 aromatic carbocycles. The summed E-state index contributed by atoms with van der Waals surface area (Å²) in [5.74, 6) is 0.985. The van der Waals surface area contributed by atoms with Crippen LogP contribution in [0.3, 0.4) is 0 Å². The lowest BCUT2D eigenvalue weighted by Crippen LogP contribution is -2.43. The summed E-state index contributed by atoms with van der Waals surface area (Å²) in [7, 11) is 1.52. The molecule has 4 N–H and O–H groups in total. The zero-order chi connectivity index (χ0) is 18.8. The van der Waals surface area contributed by atoms with Gasteiger partial charge < -0.3 is 26.0 Å². The highest BCUT2D eigenvalue weighted by Crippen LogP contribution is 2.25. The second kappa shape index (κ2) is 7.08. The van der Waals surface area contributed by atoms with Gasteiger partial charge >= 0.3 is 0 Å². The number of fused-ring (bicyclic) bond motifs is 1. The minimum absolute atomic E-state index is 0.111. The van der Waals surface area contributed by atoms with E-state index in [-0.39, 0.29) is 11.4 Å². The number of pyridine rings is 1.